The molecule has 1 aliphatic heterocycles. The third-order valence-corrected chi connectivity index (χ3v) is 5.14. The average molecular weight is 355 g/mol. The van der Waals surface area contributed by atoms with Crippen molar-refractivity contribution in [3.05, 3.63) is 47.3 Å². The zero-order chi connectivity index (χ0) is 18.3. The molecule has 0 aliphatic carbocycles. The van der Waals surface area contributed by atoms with E-state index in [1.54, 1.807) is 19.1 Å². The van der Waals surface area contributed by atoms with Gasteiger partial charge in [-0.3, -0.25) is 0 Å². The molecule has 0 amide bonds. The highest BCUT2D eigenvalue weighted by Crippen LogP contribution is 2.38. The van der Waals surface area contributed by atoms with Gasteiger partial charge < -0.3 is 14.0 Å². The van der Waals surface area contributed by atoms with Crippen LogP contribution in [0.5, 0.6) is 0 Å². The number of ether oxygens (including phenoxy) is 2. The number of aromatic nitrogens is 1. The molecule has 0 saturated carbocycles. The molecular weight excluding hydrogens is 333 g/mol. The Balaban J connectivity index is 2.04. The molecule has 4 rings (SSSR count). The standard InChI is InChI=1S/C21H22FNO3/c1-3-26-21(24)14-11-13(2)19-18(12-14)23(15-7-9-25-10-8-15)17-6-4-5-16(22)20(17)19/h4-6,11-12,15H,3,7-10H2,1-2H3. The second-order valence-electron chi connectivity index (χ2n) is 6.76. The molecule has 1 fully saturated rings. The maximum atomic E-state index is 14.7. The SMILES string of the molecule is CCOC(=O)c1cc(C)c2c3c(F)cccc3n(C3CCOCC3)c2c1. The number of nitrogens with zero attached hydrogens (tertiary/aromatic N) is 1. The Bertz CT molecular complexity index is 986. The highest BCUT2D eigenvalue weighted by atomic mass is 19.1. The minimum atomic E-state index is -0.346. The molecule has 26 heavy (non-hydrogen) atoms. The van der Waals surface area contributed by atoms with Crippen molar-refractivity contribution in [2.75, 3.05) is 19.8 Å². The molecule has 0 bridgehead atoms. The van der Waals surface area contributed by atoms with Gasteiger partial charge in [0.1, 0.15) is 5.82 Å². The zero-order valence-corrected chi connectivity index (χ0v) is 15.0. The van der Waals surface area contributed by atoms with Crippen LogP contribution in [0.2, 0.25) is 0 Å². The van der Waals surface area contributed by atoms with Gasteiger partial charge in [-0.1, -0.05) is 6.07 Å². The first-order valence-corrected chi connectivity index (χ1v) is 9.09. The summed E-state index contributed by atoms with van der Waals surface area (Å²) >= 11 is 0. The molecule has 0 atom stereocenters. The number of esters is 1. The minimum absolute atomic E-state index is 0.224. The molecule has 1 aromatic heterocycles. The molecule has 136 valence electrons. The second-order valence-corrected chi connectivity index (χ2v) is 6.76. The molecule has 3 aromatic rings. The van der Waals surface area contributed by atoms with E-state index in [4.69, 9.17) is 9.47 Å². The van der Waals surface area contributed by atoms with Crippen LogP contribution in [0.1, 0.15) is 41.7 Å². The van der Waals surface area contributed by atoms with Crippen molar-refractivity contribution in [2.45, 2.75) is 32.7 Å². The number of carbonyl (C=O) groups is 1. The lowest BCUT2D eigenvalue weighted by molar-refractivity contribution is 0.0526. The van der Waals surface area contributed by atoms with Crippen LogP contribution in [0, 0.1) is 12.7 Å². The van der Waals surface area contributed by atoms with Crippen LogP contribution in [0.15, 0.2) is 30.3 Å². The zero-order valence-electron chi connectivity index (χ0n) is 15.0. The third kappa shape index (κ3) is 2.67. The first-order chi connectivity index (χ1) is 12.6. The van der Waals surface area contributed by atoms with Gasteiger partial charge in [-0.15, -0.1) is 0 Å². The van der Waals surface area contributed by atoms with E-state index in [1.807, 2.05) is 19.1 Å². The van der Waals surface area contributed by atoms with Crippen LogP contribution < -0.4 is 0 Å². The molecule has 4 nitrogen and oxygen atoms in total. The molecule has 0 radical (unpaired) electrons. The van der Waals surface area contributed by atoms with Gasteiger partial charge in [0.15, 0.2) is 0 Å². The highest BCUT2D eigenvalue weighted by molar-refractivity contribution is 6.11. The fourth-order valence-electron chi connectivity index (χ4n) is 4.04. The summed E-state index contributed by atoms with van der Waals surface area (Å²) in [5.41, 5.74) is 3.15. The van der Waals surface area contributed by atoms with Gasteiger partial charge in [0.25, 0.3) is 0 Å². The van der Waals surface area contributed by atoms with E-state index in [2.05, 4.69) is 4.57 Å². The topological polar surface area (TPSA) is 40.5 Å². The summed E-state index contributed by atoms with van der Waals surface area (Å²) in [6.07, 6.45) is 1.75. The Hall–Kier alpha value is -2.40. The van der Waals surface area contributed by atoms with Gasteiger partial charge >= 0.3 is 5.97 Å². The summed E-state index contributed by atoms with van der Waals surface area (Å²) in [6, 6.07) is 9.05. The van der Waals surface area contributed by atoms with Crippen molar-refractivity contribution < 1.29 is 18.7 Å². The van der Waals surface area contributed by atoms with Crippen molar-refractivity contribution in [2.24, 2.45) is 0 Å². The molecule has 1 aliphatic rings. The highest BCUT2D eigenvalue weighted by Gasteiger charge is 2.24. The number of rotatable bonds is 3. The fourth-order valence-corrected chi connectivity index (χ4v) is 4.04. The third-order valence-electron chi connectivity index (χ3n) is 5.14. The summed E-state index contributed by atoms with van der Waals surface area (Å²) in [7, 11) is 0. The Morgan fingerprint density at radius 3 is 2.73 bits per heavy atom. The van der Waals surface area contributed by atoms with Crippen LogP contribution >= 0.6 is 0 Å². The quantitative estimate of drug-likeness (QED) is 0.636. The van der Waals surface area contributed by atoms with Crippen molar-refractivity contribution in [3.63, 3.8) is 0 Å². The largest absolute Gasteiger partial charge is 0.462 e. The van der Waals surface area contributed by atoms with E-state index in [-0.39, 0.29) is 17.8 Å². The van der Waals surface area contributed by atoms with Crippen molar-refractivity contribution in [3.8, 4) is 0 Å². The number of halogens is 1. The van der Waals surface area contributed by atoms with E-state index in [0.29, 0.717) is 30.8 Å². The summed E-state index contributed by atoms with van der Waals surface area (Å²) in [5, 5.41) is 1.50. The summed E-state index contributed by atoms with van der Waals surface area (Å²) in [4.78, 5) is 12.3. The fraction of sp³-hybridized carbons (Fsp3) is 0.381. The monoisotopic (exact) mass is 355 g/mol. The number of carbonyl (C=O) groups excluding carboxylic acids is 1. The predicted molar refractivity (Wildman–Crippen MR) is 99.2 cm³/mol. The van der Waals surface area contributed by atoms with Gasteiger partial charge in [0.2, 0.25) is 0 Å². The lowest BCUT2D eigenvalue weighted by Gasteiger charge is -2.25. The molecule has 5 heteroatoms. The van der Waals surface area contributed by atoms with Gasteiger partial charge in [-0.05, 0) is 56.5 Å². The van der Waals surface area contributed by atoms with E-state index in [1.165, 1.54) is 6.07 Å². The van der Waals surface area contributed by atoms with Gasteiger partial charge in [-0.25, -0.2) is 9.18 Å². The first-order valence-electron chi connectivity index (χ1n) is 9.09. The lowest BCUT2D eigenvalue weighted by atomic mass is 10.0. The number of hydrogen-bond acceptors (Lipinski definition) is 3. The van der Waals surface area contributed by atoms with E-state index in [0.717, 1.165) is 34.8 Å². The van der Waals surface area contributed by atoms with E-state index < -0.39 is 0 Å². The van der Waals surface area contributed by atoms with Gasteiger partial charge in [0.05, 0.1) is 23.2 Å². The van der Waals surface area contributed by atoms with E-state index >= 15 is 0 Å². The summed E-state index contributed by atoms with van der Waals surface area (Å²) in [6.45, 7) is 5.42. The molecule has 0 unspecified atom stereocenters. The van der Waals surface area contributed by atoms with Crippen LogP contribution in [-0.4, -0.2) is 30.4 Å². The number of hydrogen-bond donors (Lipinski definition) is 0. The van der Waals surface area contributed by atoms with Crippen LogP contribution in [-0.2, 0) is 9.47 Å². The normalized spacial score (nSPS) is 15.7. The maximum absolute atomic E-state index is 14.7. The molecule has 2 aromatic carbocycles. The number of fused-ring (bicyclic) bond motifs is 3. The Kier molecular flexibility index (Phi) is 4.41. The van der Waals surface area contributed by atoms with Crippen LogP contribution in [0.25, 0.3) is 21.8 Å². The molecule has 2 heterocycles. The summed E-state index contributed by atoms with van der Waals surface area (Å²) < 4.78 is 27.6. The Labute approximate surface area is 151 Å². The molecule has 0 N–H and O–H groups in total. The smallest absolute Gasteiger partial charge is 0.338 e. The molecular formula is C21H22FNO3. The Morgan fingerprint density at radius 1 is 1.23 bits per heavy atom. The van der Waals surface area contributed by atoms with Crippen molar-refractivity contribution in [1.29, 1.82) is 0 Å². The second kappa shape index (κ2) is 6.72. The van der Waals surface area contributed by atoms with Crippen molar-refractivity contribution >= 4 is 27.8 Å². The number of aryl methyl sites for hydroxylation is 1. The van der Waals surface area contributed by atoms with Crippen LogP contribution in [0.4, 0.5) is 4.39 Å². The van der Waals surface area contributed by atoms with E-state index in [9.17, 15) is 9.18 Å². The molecule has 0 spiro atoms. The first kappa shape index (κ1) is 17.0. The average Bonchev–Trinajstić information content (AvgIpc) is 2.98. The maximum Gasteiger partial charge on any atom is 0.338 e. The molecule has 1 saturated heterocycles. The van der Waals surface area contributed by atoms with Crippen molar-refractivity contribution in [1.82, 2.24) is 4.57 Å². The number of benzene rings is 2. The predicted octanol–water partition coefficient (Wildman–Crippen LogP) is 4.77. The minimum Gasteiger partial charge on any atom is -0.462 e. The van der Waals surface area contributed by atoms with Crippen LogP contribution in [0.3, 0.4) is 0 Å². The summed E-state index contributed by atoms with van der Waals surface area (Å²) in [5.74, 6) is -0.577. The Morgan fingerprint density at radius 2 is 2.00 bits per heavy atom. The van der Waals surface area contributed by atoms with Gasteiger partial charge in [-0.2, -0.15) is 0 Å². The van der Waals surface area contributed by atoms with Gasteiger partial charge in [0, 0.05) is 30.0 Å². The lowest BCUT2D eigenvalue weighted by Crippen LogP contribution is -2.19.